The summed E-state index contributed by atoms with van der Waals surface area (Å²) in [6.07, 6.45) is -4.75. The molecule has 10 heteroatoms. The Balaban J connectivity index is 1.63. The SMILES string of the molecule is Cc1nc([C@H](C)O)sc1-c1csc(Cc2ccc(COC(C(C)C)C(F)(F)F)cn2)n1. The minimum atomic E-state index is -4.39. The van der Waals surface area contributed by atoms with Gasteiger partial charge in [0.15, 0.2) is 6.10 Å². The van der Waals surface area contributed by atoms with Crippen molar-refractivity contribution in [1.82, 2.24) is 15.0 Å². The second-order valence-electron chi connectivity index (χ2n) is 7.62. The van der Waals surface area contributed by atoms with Crippen molar-refractivity contribution in [1.29, 1.82) is 0 Å². The molecule has 0 aliphatic carbocycles. The Kier molecular flexibility index (Phi) is 7.46. The second-order valence-corrected chi connectivity index (χ2v) is 9.59. The monoisotopic (exact) mass is 471 g/mol. The second kappa shape index (κ2) is 9.72. The Morgan fingerprint density at radius 1 is 1.16 bits per heavy atom. The maximum Gasteiger partial charge on any atom is 0.414 e. The van der Waals surface area contributed by atoms with Crippen molar-refractivity contribution in [3.8, 4) is 10.6 Å². The number of alkyl halides is 3. The summed E-state index contributed by atoms with van der Waals surface area (Å²) in [4.78, 5) is 14.3. The molecule has 0 saturated heterocycles. The number of halogens is 3. The Morgan fingerprint density at radius 3 is 2.45 bits per heavy atom. The van der Waals surface area contributed by atoms with Crippen LogP contribution in [0.25, 0.3) is 10.6 Å². The van der Waals surface area contributed by atoms with Crippen molar-refractivity contribution in [2.75, 3.05) is 0 Å². The molecule has 0 aromatic carbocycles. The van der Waals surface area contributed by atoms with Gasteiger partial charge in [0, 0.05) is 23.7 Å². The van der Waals surface area contributed by atoms with Gasteiger partial charge in [0.1, 0.15) is 11.1 Å². The van der Waals surface area contributed by atoms with E-state index in [9.17, 15) is 18.3 Å². The van der Waals surface area contributed by atoms with Crippen LogP contribution in [0.2, 0.25) is 0 Å². The van der Waals surface area contributed by atoms with Crippen molar-refractivity contribution in [3.63, 3.8) is 0 Å². The lowest BCUT2D eigenvalue weighted by Gasteiger charge is -2.24. The van der Waals surface area contributed by atoms with Gasteiger partial charge in [-0.2, -0.15) is 13.2 Å². The maximum absolute atomic E-state index is 13.0. The first-order valence-corrected chi connectivity index (χ1v) is 11.5. The van der Waals surface area contributed by atoms with Gasteiger partial charge in [-0.25, -0.2) is 9.97 Å². The summed E-state index contributed by atoms with van der Waals surface area (Å²) >= 11 is 2.93. The summed E-state index contributed by atoms with van der Waals surface area (Å²) in [5, 5.41) is 13.2. The van der Waals surface area contributed by atoms with E-state index in [4.69, 9.17) is 4.74 Å². The Bertz CT molecular complexity index is 998. The van der Waals surface area contributed by atoms with Crippen molar-refractivity contribution in [3.05, 3.63) is 50.7 Å². The highest BCUT2D eigenvalue weighted by Gasteiger charge is 2.42. The lowest BCUT2D eigenvalue weighted by Crippen LogP contribution is -2.36. The number of hydrogen-bond donors (Lipinski definition) is 1. The molecule has 3 heterocycles. The molecular weight excluding hydrogens is 447 g/mol. The number of rotatable bonds is 8. The number of ether oxygens (including phenoxy) is 1. The Morgan fingerprint density at radius 2 is 1.90 bits per heavy atom. The molecule has 168 valence electrons. The molecule has 0 radical (unpaired) electrons. The number of aromatic nitrogens is 3. The van der Waals surface area contributed by atoms with Crippen molar-refractivity contribution < 1.29 is 23.0 Å². The molecule has 2 atom stereocenters. The Labute approximate surface area is 187 Å². The fourth-order valence-electron chi connectivity index (χ4n) is 2.98. The lowest BCUT2D eigenvalue weighted by molar-refractivity contribution is -0.236. The summed E-state index contributed by atoms with van der Waals surface area (Å²) in [5.41, 5.74) is 3.01. The van der Waals surface area contributed by atoms with Crippen molar-refractivity contribution in [2.45, 2.75) is 59.1 Å². The normalized spacial score (nSPS) is 14.2. The van der Waals surface area contributed by atoms with Gasteiger partial charge in [0.2, 0.25) is 0 Å². The van der Waals surface area contributed by atoms with Gasteiger partial charge >= 0.3 is 6.18 Å². The minimum absolute atomic E-state index is 0.146. The first-order valence-electron chi connectivity index (χ1n) is 9.77. The third-order valence-electron chi connectivity index (χ3n) is 4.53. The number of pyridine rings is 1. The highest BCUT2D eigenvalue weighted by Crippen LogP contribution is 2.33. The molecule has 3 aromatic heterocycles. The van der Waals surface area contributed by atoms with Gasteiger partial charge in [-0.3, -0.25) is 4.98 Å². The van der Waals surface area contributed by atoms with E-state index in [2.05, 4.69) is 15.0 Å². The van der Waals surface area contributed by atoms with Crippen molar-refractivity contribution in [2.24, 2.45) is 5.92 Å². The van der Waals surface area contributed by atoms with E-state index in [0.29, 0.717) is 17.0 Å². The number of aliphatic hydroxyl groups excluding tert-OH is 1. The summed E-state index contributed by atoms with van der Waals surface area (Å²) in [7, 11) is 0. The van der Waals surface area contributed by atoms with E-state index in [0.717, 1.165) is 27.0 Å². The van der Waals surface area contributed by atoms with E-state index in [1.54, 1.807) is 25.3 Å². The third-order valence-corrected chi connectivity index (χ3v) is 6.73. The number of hydrogen-bond acceptors (Lipinski definition) is 7. The molecule has 0 fully saturated rings. The van der Waals surface area contributed by atoms with Gasteiger partial charge in [-0.1, -0.05) is 19.9 Å². The Hall–Kier alpha value is -1.88. The molecule has 1 unspecified atom stereocenters. The molecule has 1 N–H and O–H groups in total. The van der Waals surface area contributed by atoms with E-state index >= 15 is 0 Å². The fourth-order valence-corrected chi connectivity index (χ4v) is 4.82. The first-order chi connectivity index (χ1) is 14.5. The van der Waals surface area contributed by atoms with Gasteiger partial charge < -0.3 is 9.84 Å². The molecule has 0 bridgehead atoms. The van der Waals surface area contributed by atoms with Crippen LogP contribution in [0.4, 0.5) is 13.2 Å². The molecule has 31 heavy (non-hydrogen) atoms. The predicted octanol–water partition coefficient (Wildman–Crippen LogP) is 5.72. The summed E-state index contributed by atoms with van der Waals surface area (Å²) < 4.78 is 44.1. The van der Waals surface area contributed by atoms with Gasteiger partial charge in [0.25, 0.3) is 0 Å². The molecular formula is C21H24F3N3O2S2. The molecule has 0 spiro atoms. The fraction of sp³-hybridized carbons (Fsp3) is 0.476. The van der Waals surface area contributed by atoms with Crippen LogP contribution in [-0.2, 0) is 17.8 Å². The maximum atomic E-state index is 13.0. The highest BCUT2D eigenvalue weighted by molar-refractivity contribution is 7.16. The minimum Gasteiger partial charge on any atom is -0.386 e. The zero-order valence-corrected chi connectivity index (χ0v) is 19.2. The highest BCUT2D eigenvalue weighted by atomic mass is 32.1. The van der Waals surface area contributed by atoms with Crippen LogP contribution >= 0.6 is 22.7 Å². The molecule has 0 saturated carbocycles. The number of aryl methyl sites for hydroxylation is 1. The van der Waals surface area contributed by atoms with Crippen LogP contribution in [0.1, 0.15) is 53.8 Å². The van der Waals surface area contributed by atoms with Gasteiger partial charge in [0.05, 0.1) is 27.9 Å². The molecule has 0 amide bonds. The number of nitrogens with zero attached hydrogens (tertiary/aromatic N) is 3. The topological polar surface area (TPSA) is 68.1 Å². The van der Waals surface area contributed by atoms with E-state index in [-0.39, 0.29) is 6.61 Å². The zero-order valence-electron chi connectivity index (χ0n) is 17.6. The smallest absolute Gasteiger partial charge is 0.386 e. The summed E-state index contributed by atoms with van der Waals surface area (Å²) in [6.45, 7) is 6.40. The standard InChI is InChI=1S/C21H24F3N3O2S2/c1-11(2)19(21(22,23)24)29-9-14-5-6-15(25-8-14)7-17-27-16(10-30-17)18-12(3)26-20(31-18)13(4)28/h5-6,8,10-11,13,19,28H,7,9H2,1-4H3/t13-,19?/m0/s1. The number of thiazole rings is 2. The molecule has 3 rings (SSSR count). The average Bonchev–Trinajstić information content (AvgIpc) is 3.28. The number of aliphatic hydroxyl groups is 1. The molecule has 3 aromatic rings. The molecule has 5 nitrogen and oxygen atoms in total. The summed E-state index contributed by atoms with van der Waals surface area (Å²) in [6, 6.07) is 3.51. The van der Waals surface area contributed by atoms with Gasteiger partial charge in [-0.05, 0) is 31.4 Å². The van der Waals surface area contributed by atoms with Crippen LogP contribution in [0.3, 0.4) is 0 Å². The zero-order chi connectivity index (χ0) is 22.8. The largest absolute Gasteiger partial charge is 0.414 e. The first kappa shape index (κ1) is 23.8. The van der Waals surface area contributed by atoms with E-state index < -0.39 is 24.3 Å². The van der Waals surface area contributed by atoms with Crippen LogP contribution in [0.15, 0.2) is 23.7 Å². The third kappa shape index (κ3) is 6.09. The van der Waals surface area contributed by atoms with Gasteiger partial charge in [-0.15, -0.1) is 22.7 Å². The van der Waals surface area contributed by atoms with E-state index in [1.165, 1.54) is 36.5 Å². The van der Waals surface area contributed by atoms with E-state index in [1.807, 2.05) is 12.3 Å². The van der Waals surface area contributed by atoms with Crippen molar-refractivity contribution >= 4 is 22.7 Å². The molecule has 0 aliphatic rings. The van der Waals surface area contributed by atoms with Crippen LogP contribution < -0.4 is 0 Å². The molecule has 0 aliphatic heterocycles. The lowest BCUT2D eigenvalue weighted by atomic mass is 10.1. The van der Waals surface area contributed by atoms with Crippen LogP contribution in [0, 0.1) is 12.8 Å². The summed E-state index contributed by atoms with van der Waals surface area (Å²) in [5.74, 6) is -0.662. The average molecular weight is 472 g/mol. The van der Waals surface area contributed by atoms with Crippen LogP contribution in [-0.4, -0.2) is 32.3 Å². The quantitative estimate of drug-likeness (QED) is 0.455. The predicted molar refractivity (Wildman–Crippen MR) is 115 cm³/mol. The van der Waals surface area contributed by atoms with Crippen LogP contribution in [0.5, 0.6) is 0 Å².